The molecule has 5 heteroatoms. The highest BCUT2D eigenvalue weighted by atomic mass is 35.5. The van der Waals surface area contributed by atoms with Crippen molar-refractivity contribution in [2.45, 2.75) is 6.54 Å². The molecule has 2 aromatic carbocycles. The molecule has 19 heavy (non-hydrogen) atoms. The normalized spacial score (nSPS) is 10.8. The minimum absolute atomic E-state index is 0.639. The Balaban J connectivity index is 1.84. The van der Waals surface area contributed by atoms with Gasteiger partial charge in [0.05, 0.1) is 11.7 Å². The number of fused-ring (bicyclic) bond motifs is 1. The van der Waals surface area contributed by atoms with Gasteiger partial charge in [0.25, 0.3) is 0 Å². The molecule has 1 aromatic heterocycles. The van der Waals surface area contributed by atoms with E-state index in [9.17, 15) is 0 Å². The number of aromatic amines is 1. The van der Waals surface area contributed by atoms with Crippen molar-refractivity contribution in [3.63, 3.8) is 0 Å². The zero-order valence-corrected chi connectivity index (χ0v) is 11.5. The first-order valence-corrected chi connectivity index (χ1v) is 6.59. The molecule has 3 rings (SSSR count). The molecule has 0 saturated carbocycles. The number of aromatic nitrogens is 2. The van der Waals surface area contributed by atoms with Crippen LogP contribution in [0, 0.1) is 0 Å². The molecule has 0 aliphatic heterocycles. The average Bonchev–Trinajstić information content (AvgIpc) is 2.86. The molecule has 3 nitrogen and oxygen atoms in total. The van der Waals surface area contributed by atoms with Crippen LogP contribution in [0.25, 0.3) is 10.9 Å². The molecule has 0 radical (unpaired) electrons. The van der Waals surface area contributed by atoms with Gasteiger partial charge in [-0.3, -0.25) is 5.10 Å². The SMILES string of the molecule is Clc1ccc(CNc2cccc3[nH]ncc23)c(Cl)c1. The fraction of sp³-hybridized carbons (Fsp3) is 0.0714. The summed E-state index contributed by atoms with van der Waals surface area (Å²) in [4.78, 5) is 0. The number of anilines is 1. The van der Waals surface area contributed by atoms with E-state index in [0.717, 1.165) is 22.2 Å². The molecule has 0 aliphatic rings. The lowest BCUT2D eigenvalue weighted by Crippen LogP contribution is -2.00. The summed E-state index contributed by atoms with van der Waals surface area (Å²) >= 11 is 12.0. The summed E-state index contributed by atoms with van der Waals surface area (Å²) in [5.41, 5.74) is 3.04. The van der Waals surface area contributed by atoms with Crippen LogP contribution < -0.4 is 5.32 Å². The van der Waals surface area contributed by atoms with Crippen LogP contribution in [0.3, 0.4) is 0 Å². The third-order valence-corrected chi connectivity index (χ3v) is 3.56. The number of hydrogen-bond donors (Lipinski definition) is 2. The summed E-state index contributed by atoms with van der Waals surface area (Å²) in [6.45, 7) is 0.639. The van der Waals surface area contributed by atoms with Crippen LogP contribution in [0.1, 0.15) is 5.56 Å². The first-order valence-electron chi connectivity index (χ1n) is 5.84. The second-order valence-corrected chi connectivity index (χ2v) is 5.07. The fourth-order valence-electron chi connectivity index (χ4n) is 1.98. The predicted molar refractivity (Wildman–Crippen MR) is 79.9 cm³/mol. The van der Waals surface area contributed by atoms with Crippen LogP contribution in [-0.4, -0.2) is 10.2 Å². The van der Waals surface area contributed by atoms with Crippen molar-refractivity contribution in [1.82, 2.24) is 10.2 Å². The number of rotatable bonds is 3. The molecule has 96 valence electrons. The predicted octanol–water partition coefficient (Wildman–Crippen LogP) is 4.48. The summed E-state index contributed by atoms with van der Waals surface area (Å²) in [7, 11) is 0. The second kappa shape index (κ2) is 5.11. The van der Waals surface area contributed by atoms with Crippen molar-refractivity contribution >= 4 is 39.8 Å². The first-order chi connectivity index (χ1) is 9.24. The molecule has 0 spiro atoms. The lowest BCUT2D eigenvalue weighted by molar-refractivity contribution is 1.12. The molecule has 1 heterocycles. The van der Waals surface area contributed by atoms with Crippen LogP contribution in [0.15, 0.2) is 42.6 Å². The molecular weight excluding hydrogens is 281 g/mol. The van der Waals surface area contributed by atoms with Crippen LogP contribution in [-0.2, 0) is 6.54 Å². The quantitative estimate of drug-likeness (QED) is 0.747. The van der Waals surface area contributed by atoms with Gasteiger partial charge >= 0.3 is 0 Å². The van der Waals surface area contributed by atoms with E-state index in [1.807, 2.05) is 30.3 Å². The Labute approximate surface area is 120 Å². The van der Waals surface area contributed by atoms with Crippen molar-refractivity contribution in [1.29, 1.82) is 0 Å². The smallest absolute Gasteiger partial charge is 0.0671 e. The number of benzene rings is 2. The Morgan fingerprint density at radius 3 is 2.89 bits per heavy atom. The third kappa shape index (κ3) is 2.53. The standard InChI is InChI=1S/C14H11Cl2N3/c15-10-5-4-9(12(16)6-10)7-17-13-2-1-3-14-11(13)8-18-19-14/h1-6,8,17H,7H2,(H,18,19). The number of nitrogens with one attached hydrogen (secondary N) is 2. The lowest BCUT2D eigenvalue weighted by atomic mass is 10.2. The molecular formula is C14H11Cl2N3. The van der Waals surface area contributed by atoms with Crippen molar-refractivity contribution in [3.8, 4) is 0 Å². The maximum absolute atomic E-state index is 6.15. The van der Waals surface area contributed by atoms with Gasteiger partial charge in [-0.05, 0) is 29.8 Å². The topological polar surface area (TPSA) is 40.7 Å². The summed E-state index contributed by atoms with van der Waals surface area (Å²) in [5.74, 6) is 0. The fourth-order valence-corrected chi connectivity index (χ4v) is 2.45. The molecule has 0 aliphatic carbocycles. The summed E-state index contributed by atoms with van der Waals surface area (Å²) < 4.78 is 0. The van der Waals surface area contributed by atoms with Crippen LogP contribution in [0.2, 0.25) is 10.0 Å². The van der Waals surface area contributed by atoms with Gasteiger partial charge in [-0.1, -0.05) is 35.3 Å². The number of halogens is 2. The van der Waals surface area contributed by atoms with Crippen LogP contribution in [0.5, 0.6) is 0 Å². The lowest BCUT2D eigenvalue weighted by Gasteiger charge is -2.09. The van der Waals surface area contributed by atoms with Gasteiger partial charge < -0.3 is 5.32 Å². The van der Waals surface area contributed by atoms with Crippen molar-refractivity contribution in [3.05, 3.63) is 58.2 Å². The molecule has 0 amide bonds. The Bertz CT molecular complexity index is 722. The Kier molecular flexibility index (Phi) is 3.32. The van der Waals surface area contributed by atoms with E-state index >= 15 is 0 Å². The number of nitrogens with zero attached hydrogens (tertiary/aromatic N) is 1. The van der Waals surface area contributed by atoms with E-state index in [1.54, 1.807) is 12.3 Å². The highest BCUT2D eigenvalue weighted by Gasteiger charge is 2.04. The Hall–Kier alpha value is -1.71. The van der Waals surface area contributed by atoms with Gasteiger partial charge in [0.1, 0.15) is 0 Å². The van der Waals surface area contributed by atoms with E-state index in [2.05, 4.69) is 15.5 Å². The Morgan fingerprint density at radius 1 is 1.16 bits per heavy atom. The highest BCUT2D eigenvalue weighted by molar-refractivity contribution is 6.35. The monoisotopic (exact) mass is 291 g/mol. The molecule has 3 aromatic rings. The molecule has 0 bridgehead atoms. The number of hydrogen-bond acceptors (Lipinski definition) is 2. The molecule has 0 atom stereocenters. The van der Waals surface area contributed by atoms with Gasteiger partial charge in [0.15, 0.2) is 0 Å². The molecule has 2 N–H and O–H groups in total. The van der Waals surface area contributed by atoms with Crippen molar-refractivity contribution in [2.24, 2.45) is 0 Å². The largest absolute Gasteiger partial charge is 0.380 e. The van der Waals surface area contributed by atoms with Gasteiger partial charge in [0, 0.05) is 27.7 Å². The average molecular weight is 292 g/mol. The van der Waals surface area contributed by atoms with E-state index < -0.39 is 0 Å². The van der Waals surface area contributed by atoms with Crippen molar-refractivity contribution < 1.29 is 0 Å². The third-order valence-electron chi connectivity index (χ3n) is 2.97. The zero-order valence-electron chi connectivity index (χ0n) is 9.95. The van der Waals surface area contributed by atoms with Gasteiger partial charge in [-0.2, -0.15) is 5.10 Å². The number of H-pyrrole nitrogens is 1. The van der Waals surface area contributed by atoms with Gasteiger partial charge in [-0.15, -0.1) is 0 Å². The maximum atomic E-state index is 6.15. The zero-order chi connectivity index (χ0) is 13.2. The molecule has 0 fully saturated rings. The van der Waals surface area contributed by atoms with E-state index in [4.69, 9.17) is 23.2 Å². The van der Waals surface area contributed by atoms with Crippen LogP contribution >= 0.6 is 23.2 Å². The Morgan fingerprint density at radius 2 is 2.05 bits per heavy atom. The van der Waals surface area contributed by atoms with E-state index in [-0.39, 0.29) is 0 Å². The second-order valence-electron chi connectivity index (χ2n) is 4.23. The summed E-state index contributed by atoms with van der Waals surface area (Å²) in [6.07, 6.45) is 1.81. The van der Waals surface area contributed by atoms with Gasteiger partial charge in [-0.25, -0.2) is 0 Å². The van der Waals surface area contributed by atoms with E-state index in [1.165, 1.54) is 0 Å². The minimum Gasteiger partial charge on any atom is -0.380 e. The van der Waals surface area contributed by atoms with Gasteiger partial charge in [0.2, 0.25) is 0 Å². The van der Waals surface area contributed by atoms with Crippen LogP contribution in [0.4, 0.5) is 5.69 Å². The summed E-state index contributed by atoms with van der Waals surface area (Å²) in [5, 5.41) is 12.7. The summed E-state index contributed by atoms with van der Waals surface area (Å²) in [6, 6.07) is 11.5. The molecule has 0 saturated heterocycles. The minimum atomic E-state index is 0.639. The highest BCUT2D eigenvalue weighted by Crippen LogP contribution is 2.24. The maximum Gasteiger partial charge on any atom is 0.0671 e. The molecule has 0 unspecified atom stereocenters. The first kappa shape index (κ1) is 12.3. The van der Waals surface area contributed by atoms with Crippen molar-refractivity contribution in [2.75, 3.05) is 5.32 Å². The van der Waals surface area contributed by atoms with E-state index in [0.29, 0.717) is 16.6 Å².